The van der Waals surface area contributed by atoms with Gasteiger partial charge in [-0.1, -0.05) is 60.7 Å². The van der Waals surface area contributed by atoms with Gasteiger partial charge in [0.2, 0.25) is 11.8 Å². The monoisotopic (exact) mass is 776 g/mol. The van der Waals surface area contributed by atoms with Gasteiger partial charge >= 0.3 is 0 Å². The van der Waals surface area contributed by atoms with Gasteiger partial charge in [0.1, 0.15) is 11.0 Å². The SMILES string of the molecule is c1ccc2c(c1)Oc1ccccc1N2c1cc(-c2nc3cnccc3o2)c2ccc3c(-c4nc5cnccc5o4)cc(N4c5ccccc5Oc5ccccc54)cc3c2c1. The summed E-state index contributed by atoms with van der Waals surface area (Å²) in [6, 6.07) is 49.1. The minimum absolute atomic E-state index is 0.484. The molecule has 0 fully saturated rings. The first-order valence-electron chi connectivity index (χ1n) is 19.5. The predicted octanol–water partition coefficient (Wildman–Crippen LogP) is 13.6. The zero-order valence-electron chi connectivity index (χ0n) is 31.5. The smallest absolute Gasteiger partial charge is 0.228 e. The van der Waals surface area contributed by atoms with E-state index in [1.54, 1.807) is 24.8 Å². The maximum Gasteiger partial charge on any atom is 0.228 e. The molecule has 0 atom stereocenters. The average Bonchev–Trinajstić information content (AvgIpc) is 3.94. The molecule has 282 valence electrons. The van der Waals surface area contributed by atoms with Gasteiger partial charge in [0.05, 0.1) is 35.1 Å². The second kappa shape index (κ2) is 12.5. The normalized spacial score (nSPS) is 12.9. The fourth-order valence-electron chi connectivity index (χ4n) is 8.62. The van der Waals surface area contributed by atoms with Crippen LogP contribution in [0.3, 0.4) is 0 Å². The summed E-state index contributed by atoms with van der Waals surface area (Å²) in [5.74, 6) is 3.98. The van der Waals surface area contributed by atoms with Crippen LogP contribution in [0.25, 0.3) is 66.7 Å². The molecule has 0 saturated heterocycles. The molecule has 0 N–H and O–H groups in total. The van der Waals surface area contributed by atoms with Crippen LogP contribution >= 0.6 is 0 Å². The number of hydrogen-bond donors (Lipinski definition) is 0. The maximum absolute atomic E-state index is 6.53. The molecule has 0 bridgehead atoms. The fourth-order valence-corrected chi connectivity index (χ4v) is 8.62. The van der Waals surface area contributed by atoms with E-state index in [4.69, 9.17) is 28.3 Å². The maximum atomic E-state index is 6.53. The van der Waals surface area contributed by atoms with E-state index in [1.165, 1.54) is 0 Å². The zero-order chi connectivity index (χ0) is 39.3. The van der Waals surface area contributed by atoms with Crippen LogP contribution in [-0.4, -0.2) is 19.9 Å². The van der Waals surface area contributed by atoms with E-state index in [2.05, 4.69) is 80.4 Å². The third-order valence-corrected chi connectivity index (χ3v) is 11.3. The number of fused-ring (bicyclic) bond motifs is 9. The second-order valence-corrected chi connectivity index (χ2v) is 14.7. The molecule has 13 rings (SSSR count). The summed E-state index contributed by atoms with van der Waals surface area (Å²) in [6.07, 6.45) is 6.89. The Hall–Kier alpha value is -8.50. The van der Waals surface area contributed by atoms with Gasteiger partial charge in [-0.05, 0) is 94.3 Å². The molecule has 4 aromatic heterocycles. The van der Waals surface area contributed by atoms with Crippen LogP contribution in [0, 0.1) is 0 Å². The summed E-state index contributed by atoms with van der Waals surface area (Å²) in [4.78, 5) is 23.1. The van der Waals surface area contributed by atoms with E-state index in [0.29, 0.717) is 34.0 Å². The number of aromatic nitrogens is 4. The summed E-state index contributed by atoms with van der Waals surface area (Å²) >= 11 is 0. The lowest BCUT2D eigenvalue weighted by molar-refractivity contribution is 0.477. The highest BCUT2D eigenvalue weighted by Crippen LogP contribution is 2.54. The highest BCUT2D eigenvalue weighted by molar-refractivity contribution is 6.18. The highest BCUT2D eigenvalue weighted by Gasteiger charge is 2.30. The van der Waals surface area contributed by atoms with Crippen molar-refractivity contribution >= 4 is 77.9 Å². The molecule has 0 amide bonds. The Morgan fingerprint density at radius 1 is 0.383 bits per heavy atom. The molecule has 0 saturated carbocycles. The van der Waals surface area contributed by atoms with Crippen LogP contribution < -0.4 is 19.3 Å². The minimum Gasteiger partial charge on any atom is -0.453 e. The number of pyridine rings is 2. The van der Waals surface area contributed by atoms with Crippen molar-refractivity contribution in [2.75, 3.05) is 9.80 Å². The lowest BCUT2D eigenvalue weighted by Crippen LogP contribution is -2.16. The number of rotatable bonds is 4. The summed E-state index contributed by atoms with van der Waals surface area (Å²) in [6.45, 7) is 0. The van der Waals surface area contributed by atoms with Crippen molar-refractivity contribution in [2.45, 2.75) is 0 Å². The van der Waals surface area contributed by atoms with Crippen LogP contribution in [0.5, 0.6) is 23.0 Å². The van der Waals surface area contributed by atoms with Gasteiger partial charge < -0.3 is 28.1 Å². The molecule has 10 nitrogen and oxygen atoms in total. The van der Waals surface area contributed by atoms with Crippen LogP contribution in [0.1, 0.15) is 0 Å². The van der Waals surface area contributed by atoms with Crippen LogP contribution in [0.4, 0.5) is 34.1 Å². The second-order valence-electron chi connectivity index (χ2n) is 14.7. The van der Waals surface area contributed by atoms with Gasteiger partial charge in [0.15, 0.2) is 34.2 Å². The van der Waals surface area contributed by atoms with Crippen LogP contribution in [0.15, 0.2) is 179 Å². The van der Waals surface area contributed by atoms with E-state index >= 15 is 0 Å². The zero-order valence-corrected chi connectivity index (χ0v) is 31.5. The summed E-state index contributed by atoms with van der Waals surface area (Å²) in [5.41, 5.74) is 9.74. The molecular weight excluding hydrogens is 749 g/mol. The molecule has 0 unspecified atom stereocenters. The van der Waals surface area contributed by atoms with Crippen LogP contribution in [-0.2, 0) is 0 Å². The molecule has 0 spiro atoms. The first-order valence-corrected chi connectivity index (χ1v) is 19.5. The fraction of sp³-hybridized carbons (Fsp3) is 0. The lowest BCUT2D eigenvalue weighted by atomic mass is 9.93. The van der Waals surface area contributed by atoms with Crippen molar-refractivity contribution in [3.63, 3.8) is 0 Å². The van der Waals surface area contributed by atoms with Crippen molar-refractivity contribution in [1.29, 1.82) is 0 Å². The third kappa shape index (κ3) is 4.88. The summed E-state index contributed by atoms with van der Waals surface area (Å²) in [5, 5.41) is 3.84. The first kappa shape index (κ1) is 32.6. The minimum atomic E-state index is 0.484. The van der Waals surface area contributed by atoms with Gasteiger partial charge in [-0.25, -0.2) is 9.97 Å². The number of benzene rings is 7. The number of ether oxygens (including phenoxy) is 2. The Labute approximate surface area is 341 Å². The van der Waals surface area contributed by atoms with E-state index < -0.39 is 0 Å². The Morgan fingerprint density at radius 2 is 0.767 bits per heavy atom. The molecule has 6 heterocycles. The summed E-state index contributed by atoms with van der Waals surface area (Å²) in [7, 11) is 0. The van der Waals surface area contributed by atoms with E-state index in [1.807, 2.05) is 84.9 Å². The lowest BCUT2D eigenvalue weighted by Gasteiger charge is -2.33. The van der Waals surface area contributed by atoms with Crippen molar-refractivity contribution < 1.29 is 18.3 Å². The number of hydrogen-bond acceptors (Lipinski definition) is 10. The molecule has 60 heavy (non-hydrogen) atoms. The molecule has 10 heteroatoms. The molecule has 2 aliphatic heterocycles. The molecular formula is C50H28N6O4. The van der Waals surface area contributed by atoms with Gasteiger partial charge in [-0.15, -0.1) is 0 Å². The van der Waals surface area contributed by atoms with Gasteiger partial charge in [-0.3, -0.25) is 9.97 Å². The molecule has 11 aromatic rings. The predicted molar refractivity (Wildman–Crippen MR) is 233 cm³/mol. The van der Waals surface area contributed by atoms with E-state index in [-0.39, 0.29) is 0 Å². The topological polar surface area (TPSA) is 103 Å². The van der Waals surface area contributed by atoms with Gasteiger partial charge in [0.25, 0.3) is 0 Å². The third-order valence-electron chi connectivity index (χ3n) is 11.3. The standard InChI is InChI=1S/C50H28N6O4/c1-5-13-45-39(9-1)55(40-10-2-6-14-46(40)57-45)29-23-33-31(35(25-29)49-53-37-27-51-21-19-43(37)59-49)17-18-32-34(33)24-30(26-36(32)50-54-38-28-52-22-20-44(38)60-50)56-41-11-3-7-15-47(41)58-48-16-8-4-12-42(48)56/h1-28H. The quantitative estimate of drug-likeness (QED) is 0.160. The van der Waals surface area contributed by atoms with Crippen molar-refractivity contribution in [3.05, 3.63) is 170 Å². The number of oxazole rings is 2. The Bertz CT molecular complexity index is 3170. The summed E-state index contributed by atoms with van der Waals surface area (Å²) < 4.78 is 26.0. The number of anilines is 6. The Kier molecular flexibility index (Phi) is 6.78. The molecule has 0 radical (unpaired) electrons. The van der Waals surface area contributed by atoms with Gasteiger partial charge in [-0.2, -0.15) is 0 Å². The molecule has 2 aliphatic rings. The Balaban J connectivity index is 1.16. The first-order chi connectivity index (χ1) is 29.7. The molecule has 0 aliphatic carbocycles. The van der Waals surface area contributed by atoms with Crippen molar-refractivity contribution in [2.24, 2.45) is 0 Å². The molecule has 7 aromatic carbocycles. The van der Waals surface area contributed by atoms with E-state index in [9.17, 15) is 0 Å². The van der Waals surface area contributed by atoms with Crippen molar-refractivity contribution in [3.8, 4) is 45.9 Å². The van der Waals surface area contributed by atoms with Gasteiger partial charge in [0, 0.05) is 47.0 Å². The average molecular weight is 777 g/mol. The van der Waals surface area contributed by atoms with Crippen molar-refractivity contribution in [1.82, 2.24) is 19.9 Å². The Morgan fingerprint density at radius 3 is 1.15 bits per heavy atom. The van der Waals surface area contributed by atoms with E-state index in [0.717, 1.165) is 89.8 Å². The number of para-hydroxylation sites is 8. The number of nitrogens with zero attached hydrogens (tertiary/aromatic N) is 6. The highest BCUT2D eigenvalue weighted by atomic mass is 16.5. The largest absolute Gasteiger partial charge is 0.453 e. The van der Waals surface area contributed by atoms with Crippen LogP contribution in [0.2, 0.25) is 0 Å².